The maximum absolute atomic E-state index is 12.9. The number of amides is 1. The van der Waals surface area contributed by atoms with E-state index in [-0.39, 0.29) is 0 Å². The molecular weight excluding hydrogens is 347 g/mol. The number of halogens is 1. The molecule has 0 aliphatic heterocycles. The smallest absolute Gasteiger partial charge is 0.341 e. The molecule has 0 aliphatic carbocycles. The lowest BCUT2D eigenvalue weighted by molar-refractivity contribution is -0.123. The van der Waals surface area contributed by atoms with Crippen LogP contribution in [0.3, 0.4) is 0 Å². The fraction of sp³-hybridized carbons (Fsp3) is 0.190. The number of aromatic nitrogens is 1. The second-order valence-corrected chi connectivity index (χ2v) is 6.26. The molecule has 0 spiro atoms. The molecule has 138 valence electrons. The lowest BCUT2D eigenvalue weighted by Gasteiger charge is -2.16. The summed E-state index contributed by atoms with van der Waals surface area (Å²) in [6.07, 6.45) is -1.02. The first-order chi connectivity index (χ1) is 12.9. The van der Waals surface area contributed by atoms with Crippen molar-refractivity contribution >= 4 is 28.5 Å². The topological polar surface area (TPSA) is 68.3 Å². The Balaban J connectivity index is 1.77. The Morgan fingerprint density at radius 2 is 1.74 bits per heavy atom. The lowest BCUT2D eigenvalue weighted by atomic mass is 10.0. The van der Waals surface area contributed by atoms with Crippen LogP contribution in [0, 0.1) is 19.7 Å². The molecule has 1 heterocycles. The maximum Gasteiger partial charge on any atom is 0.341 e. The molecule has 6 heteroatoms. The predicted octanol–water partition coefficient (Wildman–Crippen LogP) is 4.17. The van der Waals surface area contributed by atoms with Crippen molar-refractivity contribution in [1.82, 2.24) is 4.98 Å². The van der Waals surface area contributed by atoms with Crippen LogP contribution in [0.15, 0.2) is 48.5 Å². The molecule has 1 N–H and O–H groups in total. The Hall–Kier alpha value is -3.28. The number of nitrogens with one attached hydrogen (secondary N) is 1. The van der Waals surface area contributed by atoms with Gasteiger partial charge in [-0.15, -0.1) is 0 Å². The third kappa shape index (κ3) is 3.95. The normalized spacial score (nSPS) is 11.9. The van der Waals surface area contributed by atoms with Crippen LogP contribution in [0.1, 0.15) is 28.5 Å². The van der Waals surface area contributed by atoms with Crippen LogP contribution in [-0.4, -0.2) is 23.0 Å². The number of nitrogens with zero attached hydrogens (tertiary/aromatic N) is 1. The third-order valence-corrected chi connectivity index (χ3v) is 4.30. The number of para-hydroxylation sites is 1. The van der Waals surface area contributed by atoms with Crippen molar-refractivity contribution in [3.05, 3.63) is 71.2 Å². The predicted molar refractivity (Wildman–Crippen MR) is 101 cm³/mol. The first kappa shape index (κ1) is 18.5. The van der Waals surface area contributed by atoms with E-state index >= 15 is 0 Å². The van der Waals surface area contributed by atoms with E-state index in [1.807, 2.05) is 31.2 Å². The Bertz CT molecular complexity index is 1020. The quantitative estimate of drug-likeness (QED) is 0.704. The zero-order valence-corrected chi connectivity index (χ0v) is 15.2. The van der Waals surface area contributed by atoms with Crippen LogP contribution in [0.25, 0.3) is 10.9 Å². The second kappa shape index (κ2) is 7.53. The van der Waals surface area contributed by atoms with Crippen molar-refractivity contribution in [3.8, 4) is 0 Å². The summed E-state index contributed by atoms with van der Waals surface area (Å²) >= 11 is 0. The van der Waals surface area contributed by atoms with Gasteiger partial charge in [0, 0.05) is 11.1 Å². The third-order valence-electron chi connectivity index (χ3n) is 4.30. The molecule has 2 aromatic carbocycles. The molecule has 27 heavy (non-hydrogen) atoms. The van der Waals surface area contributed by atoms with Crippen LogP contribution in [0.2, 0.25) is 0 Å². The summed E-state index contributed by atoms with van der Waals surface area (Å²) < 4.78 is 18.3. The number of rotatable bonds is 4. The van der Waals surface area contributed by atoms with Gasteiger partial charge in [-0.3, -0.25) is 9.78 Å². The van der Waals surface area contributed by atoms with Crippen LogP contribution < -0.4 is 5.32 Å². The highest BCUT2D eigenvalue weighted by molar-refractivity contribution is 6.01. The zero-order valence-electron chi connectivity index (χ0n) is 15.2. The molecule has 0 bridgehead atoms. The van der Waals surface area contributed by atoms with E-state index in [1.165, 1.54) is 31.2 Å². The Morgan fingerprint density at radius 3 is 2.44 bits per heavy atom. The summed E-state index contributed by atoms with van der Waals surface area (Å²) in [6.45, 7) is 5.05. The highest BCUT2D eigenvalue weighted by Crippen LogP contribution is 2.23. The van der Waals surface area contributed by atoms with Gasteiger partial charge in [0.25, 0.3) is 5.91 Å². The van der Waals surface area contributed by atoms with E-state index in [4.69, 9.17) is 4.74 Å². The fourth-order valence-electron chi connectivity index (χ4n) is 2.88. The van der Waals surface area contributed by atoms with Gasteiger partial charge in [0.2, 0.25) is 0 Å². The average Bonchev–Trinajstić information content (AvgIpc) is 2.63. The molecule has 5 nitrogen and oxygen atoms in total. The molecule has 0 fully saturated rings. The van der Waals surface area contributed by atoms with Gasteiger partial charge < -0.3 is 10.1 Å². The van der Waals surface area contributed by atoms with Gasteiger partial charge in [0.05, 0.1) is 16.8 Å². The highest BCUT2D eigenvalue weighted by Gasteiger charge is 2.23. The molecule has 0 radical (unpaired) electrons. The Kier molecular flexibility index (Phi) is 5.16. The zero-order chi connectivity index (χ0) is 19.6. The van der Waals surface area contributed by atoms with Crippen LogP contribution in [0.4, 0.5) is 10.1 Å². The summed E-state index contributed by atoms with van der Waals surface area (Å²) in [6, 6.07) is 12.9. The highest BCUT2D eigenvalue weighted by atomic mass is 19.1. The number of aryl methyl sites for hydroxylation is 2. The fourth-order valence-corrected chi connectivity index (χ4v) is 2.88. The number of benzene rings is 2. The molecule has 1 aromatic heterocycles. The van der Waals surface area contributed by atoms with E-state index in [1.54, 1.807) is 6.92 Å². The average molecular weight is 366 g/mol. The van der Waals surface area contributed by atoms with Crippen molar-refractivity contribution < 1.29 is 18.7 Å². The van der Waals surface area contributed by atoms with Crippen LogP contribution >= 0.6 is 0 Å². The van der Waals surface area contributed by atoms with Crippen molar-refractivity contribution in [2.45, 2.75) is 26.9 Å². The van der Waals surface area contributed by atoms with Gasteiger partial charge in [-0.2, -0.15) is 0 Å². The number of esters is 1. The van der Waals surface area contributed by atoms with Crippen molar-refractivity contribution in [2.75, 3.05) is 5.32 Å². The molecule has 1 amide bonds. The van der Waals surface area contributed by atoms with Crippen molar-refractivity contribution in [1.29, 1.82) is 0 Å². The monoisotopic (exact) mass is 366 g/mol. The van der Waals surface area contributed by atoms with Crippen LogP contribution in [-0.2, 0) is 9.53 Å². The summed E-state index contributed by atoms with van der Waals surface area (Å²) in [5.74, 6) is -1.51. The van der Waals surface area contributed by atoms with E-state index < -0.39 is 23.8 Å². The first-order valence-electron chi connectivity index (χ1n) is 8.50. The summed E-state index contributed by atoms with van der Waals surface area (Å²) in [7, 11) is 0. The summed E-state index contributed by atoms with van der Waals surface area (Å²) in [5, 5.41) is 3.45. The molecule has 3 rings (SSSR count). The summed E-state index contributed by atoms with van der Waals surface area (Å²) in [5.41, 5.74) is 2.88. The van der Waals surface area contributed by atoms with Gasteiger partial charge in [-0.25, -0.2) is 9.18 Å². The number of hydrogen-bond acceptors (Lipinski definition) is 4. The minimum atomic E-state index is -1.02. The van der Waals surface area contributed by atoms with Crippen molar-refractivity contribution in [2.24, 2.45) is 0 Å². The Morgan fingerprint density at radius 1 is 1.07 bits per heavy atom. The van der Waals surface area contributed by atoms with Gasteiger partial charge in [-0.05, 0) is 56.7 Å². The minimum absolute atomic E-state index is 0.357. The van der Waals surface area contributed by atoms with Crippen LogP contribution in [0.5, 0.6) is 0 Å². The second-order valence-electron chi connectivity index (χ2n) is 6.26. The maximum atomic E-state index is 12.9. The number of carbonyl (C=O) groups excluding carboxylic acids is 2. The number of ether oxygens (including phenoxy) is 1. The number of carbonyl (C=O) groups is 2. The SMILES string of the molecule is Cc1nc2ccccc2c(C)c1C(=O)O[C@@H](C)C(=O)Nc1ccc(F)cc1. The van der Waals surface area contributed by atoms with E-state index in [0.29, 0.717) is 16.9 Å². The number of fused-ring (bicyclic) bond motifs is 1. The molecule has 0 saturated heterocycles. The Labute approximate surface area is 156 Å². The largest absolute Gasteiger partial charge is 0.449 e. The number of anilines is 1. The molecule has 0 unspecified atom stereocenters. The minimum Gasteiger partial charge on any atom is -0.449 e. The van der Waals surface area contributed by atoms with Gasteiger partial charge in [0.15, 0.2) is 6.10 Å². The van der Waals surface area contributed by atoms with E-state index in [0.717, 1.165) is 16.5 Å². The molecule has 1 atom stereocenters. The molecule has 0 aliphatic rings. The van der Waals surface area contributed by atoms with E-state index in [9.17, 15) is 14.0 Å². The molecule has 0 saturated carbocycles. The number of hydrogen-bond donors (Lipinski definition) is 1. The van der Waals surface area contributed by atoms with Gasteiger partial charge >= 0.3 is 5.97 Å². The lowest BCUT2D eigenvalue weighted by Crippen LogP contribution is -2.30. The number of pyridine rings is 1. The van der Waals surface area contributed by atoms with Crippen molar-refractivity contribution in [3.63, 3.8) is 0 Å². The van der Waals surface area contributed by atoms with Gasteiger partial charge in [-0.1, -0.05) is 18.2 Å². The summed E-state index contributed by atoms with van der Waals surface area (Å²) in [4.78, 5) is 29.3. The van der Waals surface area contributed by atoms with E-state index in [2.05, 4.69) is 10.3 Å². The van der Waals surface area contributed by atoms with Gasteiger partial charge in [0.1, 0.15) is 5.82 Å². The molecular formula is C21H19FN2O3. The molecule has 3 aromatic rings. The standard InChI is InChI=1S/C21H19FN2O3/c1-12-17-6-4-5-7-18(17)23-13(2)19(12)21(26)27-14(3)20(25)24-16-10-8-15(22)9-11-16/h4-11,14H,1-3H3,(H,24,25)/t14-/m0/s1. The first-order valence-corrected chi connectivity index (χ1v) is 8.50.